The molecule has 0 aromatic carbocycles. The maximum atomic E-state index is 13.2. The van der Waals surface area contributed by atoms with Crippen LogP contribution in [-0.2, 0) is 20.9 Å². The van der Waals surface area contributed by atoms with Crippen LogP contribution in [0.3, 0.4) is 0 Å². The van der Waals surface area contributed by atoms with E-state index in [9.17, 15) is 9.59 Å². The summed E-state index contributed by atoms with van der Waals surface area (Å²) < 4.78 is 6.18. The van der Waals surface area contributed by atoms with Crippen molar-refractivity contribution in [3.05, 3.63) is 28.2 Å². The first kappa shape index (κ1) is 17.7. The van der Waals surface area contributed by atoms with Crippen LogP contribution in [0.4, 0.5) is 0 Å². The zero-order valence-corrected chi connectivity index (χ0v) is 16.7. The molecule has 1 aromatic rings. The van der Waals surface area contributed by atoms with Gasteiger partial charge >= 0.3 is 0 Å². The van der Waals surface area contributed by atoms with Gasteiger partial charge in [0.15, 0.2) is 0 Å². The number of rotatable bonds is 3. The fraction of sp³-hybridized carbons (Fsp3) is 0.632. The molecule has 2 saturated heterocycles. The van der Waals surface area contributed by atoms with Crippen molar-refractivity contribution >= 4 is 23.2 Å². The van der Waals surface area contributed by atoms with Crippen LogP contribution in [0.1, 0.15) is 31.5 Å². The molecule has 4 heterocycles. The predicted molar refractivity (Wildman–Crippen MR) is 98.5 cm³/mol. The van der Waals surface area contributed by atoms with Crippen molar-refractivity contribution in [1.29, 1.82) is 0 Å². The van der Waals surface area contributed by atoms with Crippen LogP contribution >= 0.6 is 11.3 Å². The standard InChI is InChI=1S/C19H25N3O3S/c1-11-20-12(9-26-11)8-21(5)16(23)14-13-6-7-19(25-13)10-22(18(2,3)4)17(24)15(14)19/h6-7,9,13-15H,8,10H2,1-5H3/t13-,14?,15?,19-/m0/s1. The van der Waals surface area contributed by atoms with Gasteiger partial charge in [-0.25, -0.2) is 4.98 Å². The van der Waals surface area contributed by atoms with Crippen molar-refractivity contribution in [2.24, 2.45) is 11.8 Å². The molecule has 2 bridgehead atoms. The number of thiazole rings is 1. The molecule has 3 aliphatic rings. The lowest BCUT2D eigenvalue weighted by Crippen LogP contribution is -2.47. The Morgan fingerprint density at radius 2 is 2.23 bits per heavy atom. The topological polar surface area (TPSA) is 62.7 Å². The monoisotopic (exact) mass is 375 g/mol. The number of fused-ring (bicyclic) bond motifs is 1. The van der Waals surface area contributed by atoms with Crippen LogP contribution in [0.5, 0.6) is 0 Å². The Morgan fingerprint density at radius 1 is 1.50 bits per heavy atom. The summed E-state index contributed by atoms with van der Waals surface area (Å²) in [7, 11) is 1.78. The summed E-state index contributed by atoms with van der Waals surface area (Å²) in [5.41, 5.74) is -0.0528. The van der Waals surface area contributed by atoms with E-state index < -0.39 is 17.4 Å². The number of hydrogen-bond acceptors (Lipinski definition) is 5. The lowest BCUT2D eigenvalue weighted by molar-refractivity contribution is -0.144. The van der Waals surface area contributed by atoms with E-state index in [0.717, 1.165) is 10.7 Å². The molecule has 2 unspecified atom stereocenters. The van der Waals surface area contributed by atoms with Crippen LogP contribution in [0.2, 0.25) is 0 Å². The highest BCUT2D eigenvalue weighted by atomic mass is 32.1. The second-order valence-corrected chi connectivity index (χ2v) is 9.61. The molecule has 4 rings (SSSR count). The van der Waals surface area contributed by atoms with Crippen LogP contribution < -0.4 is 0 Å². The minimum Gasteiger partial charge on any atom is -0.360 e. The highest BCUT2D eigenvalue weighted by Crippen LogP contribution is 2.53. The first-order chi connectivity index (χ1) is 12.1. The molecule has 6 nitrogen and oxygen atoms in total. The van der Waals surface area contributed by atoms with E-state index in [-0.39, 0.29) is 23.5 Å². The van der Waals surface area contributed by atoms with Crippen molar-refractivity contribution in [2.75, 3.05) is 13.6 Å². The molecule has 1 aromatic heterocycles. The molecular formula is C19H25N3O3S. The minimum absolute atomic E-state index is 0.0283. The first-order valence-electron chi connectivity index (χ1n) is 8.97. The van der Waals surface area contributed by atoms with E-state index in [0.29, 0.717) is 13.1 Å². The molecule has 0 aliphatic carbocycles. The van der Waals surface area contributed by atoms with E-state index in [4.69, 9.17) is 4.74 Å². The minimum atomic E-state index is -0.645. The highest BCUT2D eigenvalue weighted by Gasteiger charge is 2.68. The number of hydrogen-bond donors (Lipinski definition) is 0. The predicted octanol–water partition coefficient (Wildman–Crippen LogP) is 1.99. The van der Waals surface area contributed by atoms with E-state index in [1.165, 1.54) is 0 Å². The molecule has 26 heavy (non-hydrogen) atoms. The molecule has 0 N–H and O–H groups in total. The molecule has 1 spiro atoms. The number of likely N-dealkylation sites (tertiary alicyclic amines) is 1. The highest BCUT2D eigenvalue weighted by molar-refractivity contribution is 7.09. The molecule has 2 fully saturated rings. The van der Waals surface area contributed by atoms with Gasteiger partial charge in [0.05, 0.1) is 41.7 Å². The second kappa shape index (κ2) is 5.63. The van der Waals surface area contributed by atoms with Crippen LogP contribution in [-0.4, -0.2) is 57.4 Å². The summed E-state index contributed by atoms with van der Waals surface area (Å²) in [6.45, 7) is 8.98. The van der Waals surface area contributed by atoms with E-state index >= 15 is 0 Å². The number of carbonyl (C=O) groups is 2. The van der Waals surface area contributed by atoms with Crippen LogP contribution in [0, 0.1) is 18.8 Å². The van der Waals surface area contributed by atoms with Gasteiger partial charge in [-0.15, -0.1) is 11.3 Å². The summed E-state index contributed by atoms with van der Waals surface area (Å²) in [4.78, 5) is 34.3. The summed E-state index contributed by atoms with van der Waals surface area (Å²) in [5, 5.41) is 2.96. The fourth-order valence-electron chi connectivity index (χ4n) is 4.40. The van der Waals surface area contributed by atoms with Crippen LogP contribution in [0.15, 0.2) is 17.5 Å². The quantitative estimate of drug-likeness (QED) is 0.758. The third kappa shape index (κ3) is 2.52. The number of ether oxygens (including phenoxy) is 1. The number of aryl methyl sites for hydroxylation is 1. The van der Waals surface area contributed by atoms with Gasteiger partial charge in [0.1, 0.15) is 5.60 Å². The van der Waals surface area contributed by atoms with Crippen molar-refractivity contribution < 1.29 is 14.3 Å². The summed E-state index contributed by atoms with van der Waals surface area (Å²) in [5.74, 6) is -0.894. The van der Waals surface area contributed by atoms with E-state index in [2.05, 4.69) is 4.98 Å². The van der Waals surface area contributed by atoms with Crippen molar-refractivity contribution in [3.8, 4) is 0 Å². The molecular weight excluding hydrogens is 350 g/mol. The smallest absolute Gasteiger partial charge is 0.230 e. The third-order valence-corrected chi connectivity index (χ3v) is 6.46. The fourth-order valence-corrected chi connectivity index (χ4v) is 5.01. The molecule has 3 aliphatic heterocycles. The normalized spacial score (nSPS) is 32.4. The Morgan fingerprint density at radius 3 is 2.85 bits per heavy atom. The summed E-state index contributed by atoms with van der Waals surface area (Å²) >= 11 is 1.57. The van der Waals surface area contributed by atoms with Gasteiger partial charge in [-0.2, -0.15) is 0 Å². The zero-order valence-electron chi connectivity index (χ0n) is 15.9. The maximum absolute atomic E-state index is 13.2. The van der Waals surface area contributed by atoms with Gasteiger partial charge in [-0.1, -0.05) is 12.2 Å². The van der Waals surface area contributed by atoms with Crippen molar-refractivity contribution in [3.63, 3.8) is 0 Å². The van der Waals surface area contributed by atoms with E-state index in [1.54, 1.807) is 23.3 Å². The Balaban J connectivity index is 1.58. The summed E-state index contributed by atoms with van der Waals surface area (Å²) in [6, 6.07) is 0. The second-order valence-electron chi connectivity index (χ2n) is 8.55. The van der Waals surface area contributed by atoms with Gasteiger partial charge in [0, 0.05) is 18.0 Å². The average Bonchev–Trinajstić information content (AvgIpc) is 3.27. The SMILES string of the molecule is Cc1nc(CN(C)C(=O)C2C3C(=O)N(C(C)(C)C)C[C@@]34C=C[C@@H]2O4)cs1. The Kier molecular flexibility index (Phi) is 3.83. The Bertz CT molecular complexity index is 796. The number of nitrogens with zero attached hydrogens (tertiary/aromatic N) is 3. The lowest BCUT2D eigenvalue weighted by atomic mass is 9.76. The molecule has 140 valence electrons. The Hall–Kier alpha value is -1.73. The van der Waals surface area contributed by atoms with Gasteiger partial charge in [-0.05, 0) is 27.7 Å². The van der Waals surface area contributed by atoms with Crippen molar-refractivity contribution in [2.45, 2.75) is 51.5 Å². The van der Waals surface area contributed by atoms with Gasteiger partial charge in [0.25, 0.3) is 0 Å². The molecule has 0 radical (unpaired) electrons. The average molecular weight is 375 g/mol. The van der Waals surface area contributed by atoms with Crippen LogP contribution in [0.25, 0.3) is 0 Å². The van der Waals surface area contributed by atoms with Gasteiger partial charge in [0.2, 0.25) is 11.8 Å². The number of amides is 2. The number of aromatic nitrogens is 1. The molecule has 0 saturated carbocycles. The third-order valence-electron chi connectivity index (χ3n) is 5.64. The lowest BCUT2D eigenvalue weighted by Gasteiger charge is -2.34. The zero-order chi connectivity index (χ0) is 18.9. The largest absolute Gasteiger partial charge is 0.360 e. The number of carbonyl (C=O) groups excluding carboxylic acids is 2. The molecule has 7 heteroatoms. The van der Waals surface area contributed by atoms with Crippen molar-refractivity contribution in [1.82, 2.24) is 14.8 Å². The first-order valence-corrected chi connectivity index (χ1v) is 9.85. The summed E-state index contributed by atoms with van der Waals surface area (Å²) in [6.07, 6.45) is 3.65. The maximum Gasteiger partial charge on any atom is 0.230 e. The molecule has 2 amide bonds. The van der Waals surface area contributed by atoms with Gasteiger partial charge in [-0.3, -0.25) is 9.59 Å². The van der Waals surface area contributed by atoms with Gasteiger partial charge < -0.3 is 14.5 Å². The molecule has 4 atom stereocenters. The Labute approximate surface area is 157 Å². The van der Waals surface area contributed by atoms with E-state index in [1.807, 2.05) is 50.1 Å².